The molecule has 3 N–H and O–H groups in total. The molecule has 0 saturated carbocycles. The van der Waals surface area contributed by atoms with Crippen LogP contribution in [-0.2, 0) is 5.54 Å². The molecule has 0 aliphatic rings. The Kier molecular flexibility index (Phi) is 5.48. The van der Waals surface area contributed by atoms with Crippen molar-refractivity contribution in [1.82, 2.24) is 11.0 Å². The molecule has 0 unspecified atom stereocenters. The van der Waals surface area contributed by atoms with Gasteiger partial charge in [0.1, 0.15) is 5.54 Å². The number of rotatable bonds is 7. The van der Waals surface area contributed by atoms with Gasteiger partial charge in [-0.05, 0) is 28.8 Å². The van der Waals surface area contributed by atoms with Crippen LogP contribution in [0.4, 0.5) is 5.69 Å². The summed E-state index contributed by atoms with van der Waals surface area (Å²) in [6, 6.07) is 41.5. The third-order valence-corrected chi connectivity index (χ3v) is 4.85. The Morgan fingerprint density at radius 2 is 0.786 bits per heavy atom. The second-order valence-electron chi connectivity index (χ2n) is 6.59. The van der Waals surface area contributed by atoms with Gasteiger partial charge in [-0.1, -0.05) is 109 Å². The fraction of sp³-hybridized carbons (Fsp3) is 0.0400. The van der Waals surface area contributed by atoms with Gasteiger partial charge in [-0.2, -0.15) is 5.53 Å². The van der Waals surface area contributed by atoms with Crippen LogP contribution in [-0.4, -0.2) is 0 Å². The van der Waals surface area contributed by atoms with Gasteiger partial charge in [0.25, 0.3) is 0 Å². The molecule has 0 heterocycles. The molecule has 138 valence electrons. The van der Waals surface area contributed by atoms with Crippen LogP contribution in [0.5, 0.6) is 0 Å². The van der Waals surface area contributed by atoms with E-state index in [0.717, 1.165) is 22.4 Å². The van der Waals surface area contributed by atoms with Crippen LogP contribution in [0.1, 0.15) is 16.7 Å². The van der Waals surface area contributed by atoms with E-state index >= 15 is 0 Å². The zero-order chi connectivity index (χ0) is 19.1. The molecular formula is C25H23N3. The number of hydrogen-bond acceptors (Lipinski definition) is 3. The molecule has 0 bridgehead atoms. The highest BCUT2D eigenvalue weighted by molar-refractivity contribution is 5.49. The van der Waals surface area contributed by atoms with E-state index in [9.17, 15) is 0 Å². The maximum atomic E-state index is 3.57. The first-order valence-corrected chi connectivity index (χ1v) is 9.39. The van der Waals surface area contributed by atoms with Crippen LogP contribution in [0.15, 0.2) is 121 Å². The first-order chi connectivity index (χ1) is 13.9. The standard InChI is InChI=1S/C25H23N3/c1-5-13-21(14-6-1)25(22-15-7-2-8-16-22,23-17-9-3-10-18-23)27-28-26-24-19-11-4-12-20-24/h1-20,26-28H. The topological polar surface area (TPSA) is 36.1 Å². The molecule has 0 aromatic heterocycles. The van der Waals surface area contributed by atoms with E-state index < -0.39 is 5.54 Å². The van der Waals surface area contributed by atoms with Crippen LogP contribution < -0.4 is 16.4 Å². The minimum atomic E-state index is -0.564. The van der Waals surface area contributed by atoms with Crippen LogP contribution in [0, 0.1) is 0 Å². The molecule has 0 amide bonds. The molecule has 3 nitrogen and oxygen atoms in total. The van der Waals surface area contributed by atoms with E-state index in [1.807, 2.05) is 48.5 Å². The van der Waals surface area contributed by atoms with Crippen molar-refractivity contribution in [3.05, 3.63) is 138 Å². The van der Waals surface area contributed by atoms with Gasteiger partial charge in [0, 0.05) is 0 Å². The van der Waals surface area contributed by atoms with E-state index in [1.54, 1.807) is 0 Å². The molecular weight excluding hydrogens is 342 g/mol. The highest BCUT2D eigenvalue weighted by Crippen LogP contribution is 2.36. The fourth-order valence-electron chi connectivity index (χ4n) is 3.50. The number of hydrazine groups is 2. The van der Waals surface area contributed by atoms with E-state index in [2.05, 4.69) is 89.2 Å². The predicted octanol–water partition coefficient (Wildman–Crippen LogP) is 5.10. The van der Waals surface area contributed by atoms with Gasteiger partial charge >= 0.3 is 0 Å². The minimum absolute atomic E-state index is 0.564. The third-order valence-electron chi connectivity index (χ3n) is 4.85. The van der Waals surface area contributed by atoms with Crippen molar-refractivity contribution in [3.8, 4) is 0 Å². The van der Waals surface area contributed by atoms with E-state index in [-0.39, 0.29) is 0 Å². The average molecular weight is 365 g/mol. The first kappa shape index (κ1) is 18.0. The Morgan fingerprint density at radius 3 is 1.18 bits per heavy atom. The molecule has 0 radical (unpaired) electrons. The summed E-state index contributed by atoms with van der Waals surface area (Å²) in [5.74, 6) is 0. The lowest BCUT2D eigenvalue weighted by Crippen LogP contribution is -2.53. The Morgan fingerprint density at radius 1 is 0.429 bits per heavy atom. The van der Waals surface area contributed by atoms with Gasteiger partial charge in [-0.25, -0.2) is 5.43 Å². The van der Waals surface area contributed by atoms with Crippen LogP contribution in [0.2, 0.25) is 0 Å². The van der Waals surface area contributed by atoms with Gasteiger partial charge in [0.2, 0.25) is 0 Å². The minimum Gasteiger partial charge on any atom is -0.308 e. The van der Waals surface area contributed by atoms with Gasteiger partial charge < -0.3 is 5.43 Å². The van der Waals surface area contributed by atoms with Crippen molar-refractivity contribution in [3.63, 3.8) is 0 Å². The summed E-state index contributed by atoms with van der Waals surface area (Å²) in [4.78, 5) is 0. The molecule has 4 aromatic carbocycles. The number of anilines is 1. The van der Waals surface area contributed by atoms with Crippen molar-refractivity contribution < 1.29 is 0 Å². The van der Waals surface area contributed by atoms with Gasteiger partial charge in [0.15, 0.2) is 0 Å². The molecule has 4 aromatic rings. The SMILES string of the molecule is c1ccc(NNNC(c2ccccc2)(c2ccccc2)c2ccccc2)cc1. The van der Waals surface area contributed by atoms with E-state index in [4.69, 9.17) is 0 Å². The van der Waals surface area contributed by atoms with Crippen molar-refractivity contribution in [2.24, 2.45) is 0 Å². The molecule has 3 heteroatoms. The van der Waals surface area contributed by atoms with Crippen molar-refractivity contribution in [1.29, 1.82) is 0 Å². The lowest BCUT2D eigenvalue weighted by Gasteiger charge is -2.37. The Bertz CT molecular complexity index is 875. The number of para-hydroxylation sites is 1. The molecule has 0 aliphatic heterocycles. The Balaban J connectivity index is 1.79. The van der Waals surface area contributed by atoms with Gasteiger partial charge in [-0.3, -0.25) is 0 Å². The van der Waals surface area contributed by atoms with E-state index in [1.165, 1.54) is 0 Å². The first-order valence-electron chi connectivity index (χ1n) is 9.39. The summed E-state index contributed by atoms with van der Waals surface area (Å²) in [5.41, 5.74) is 13.9. The quantitative estimate of drug-likeness (QED) is 0.315. The Hall–Kier alpha value is -3.40. The van der Waals surface area contributed by atoms with Crippen molar-refractivity contribution in [2.75, 3.05) is 5.43 Å². The lowest BCUT2D eigenvalue weighted by atomic mass is 9.77. The number of nitrogens with one attached hydrogen (secondary N) is 3. The molecule has 28 heavy (non-hydrogen) atoms. The maximum Gasteiger partial charge on any atom is 0.109 e. The van der Waals surface area contributed by atoms with Crippen molar-refractivity contribution >= 4 is 5.69 Å². The zero-order valence-electron chi connectivity index (χ0n) is 15.5. The molecule has 0 saturated heterocycles. The molecule has 0 aliphatic carbocycles. The molecule has 4 rings (SSSR count). The second kappa shape index (κ2) is 8.53. The smallest absolute Gasteiger partial charge is 0.109 e. The average Bonchev–Trinajstić information content (AvgIpc) is 2.79. The van der Waals surface area contributed by atoms with E-state index in [0.29, 0.717) is 0 Å². The highest BCUT2D eigenvalue weighted by Gasteiger charge is 2.36. The van der Waals surface area contributed by atoms with Gasteiger partial charge in [-0.15, -0.1) is 0 Å². The van der Waals surface area contributed by atoms with Crippen LogP contribution >= 0.6 is 0 Å². The normalized spacial score (nSPS) is 11.1. The van der Waals surface area contributed by atoms with Crippen molar-refractivity contribution in [2.45, 2.75) is 5.54 Å². The summed E-state index contributed by atoms with van der Waals surface area (Å²) in [7, 11) is 0. The number of benzene rings is 4. The zero-order valence-corrected chi connectivity index (χ0v) is 15.5. The summed E-state index contributed by atoms with van der Waals surface area (Å²) in [6.07, 6.45) is 0. The predicted molar refractivity (Wildman–Crippen MR) is 116 cm³/mol. The summed E-state index contributed by atoms with van der Waals surface area (Å²) in [6.45, 7) is 0. The third kappa shape index (κ3) is 3.67. The maximum absolute atomic E-state index is 3.57. The largest absolute Gasteiger partial charge is 0.308 e. The monoisotopic (exact) mass is 365 g/mol. The summed E-state index contributed by atoms with van der Waals surface area (Å²) in [5, 5.41) is 0. The highest BCUT2D eigenvalue weighted by atomic mass is 15.6. The lowest BCUT2D eigenvalue weighted by molar-refractivity contribution is 0.417. The summed E-state index contributed by atoms with van der Waals surface area (Å²) >= 11 is 0. The van der Waals surface area contributed by atoms with Crippen LogP contribution in [0.25, 0.3) is 0 Å². The van der Waals surface area contributed by atoms with Crippen LogP contribution in [0.3, 0.4) is 0 Å². The van der Waals surface area contributed by atoms with Gasteiger partial charge in [0.05, 0.1) is 5.69 Å². The summed E-state index contributed by atoms with van der Waals surface area (Å²) < 4.78 is 0. The second-order valence-corrected chi connectivity index (χ2v) is 6.59. The molecule has 0 atom stereocenters. The fourth-order valence-corrected chi connectivity index (χ4v) is 3.50. The number of hydrogen-bond donors (Lipinski definition) is 3. The Labute approximate surface area is 166 Å². The molecule has 0 spiro atoms. The molecule has 0 fully saturated rings.